The molecule has 7 rings (SSSR count). The Bertz CT molecular complexity index is 2090. The first-order chi connectivity index (χ1) is 23.5. The molecule has 0 unspecified atom stereocenters. The van der Waals surface area contributed by atoms with Crippen molar-refractivity contribution >= 4 is 40.0 Å². The minimum absolute atomic E-state index is 0.131. The Morgan fingerprint density at radius 3 is 1.73 bits per heavy atom. The van der Waals surface area contributed by atoms with Crippen LogP contribution in [0.25, 0.3) is 10.8 Å². The average Bonchev–Trinajstić information content (AvgIpc) is 3.14. The molecule has 3 amide bonds. The van der Waals surface area contributed by atoms with Gasteiger partial charge in [0.15, 0.2) is 5.78 Å². The second-order valence-corrected chi connectivity index (χ2v) is 11.5. The number of ketones is 1. The van der Waals surface area contributed by atoms with E-state index in [1.165, 1.54) is 4.90 Å². The Labute approximate surface area is 277 Å². The lowest BCUT2D eigenvalue weighted by atomic mass is 9.94. The molecule has 0 fully saturated rings. The van der Waals surface area contributed by atoms with Crippen LogP contribution in [0.2, 0.25) is 0 Å². The molecule has 0 bridgehead atoms. The third kappa shape index (κ3) is 5.97. The van der Waals surface area contributed by atoms with Gasteiger partial charge in [0.05, 0.1) is 0 Å². The van der Waals surface area contributed by atoms with Crippen LogP contribution in [0.4, 0.5) is 5.69 Å². The molecule has 7 nitrogen and oxygen atoms in total. The molecule has 7 heteroatoms. The van der Waals surface area contributed by atoms with Crippen LogP contribution in [-0.2, 0) is 0 Å². The molecule has 1 aliphatic heterocycles. The summed E-state index contributed by atoms with van der Waals surface area (Å²) in [7, 11) is 0. The predicted octanol–water partition coefficient (Wildman–Crippen LogP) is 8.20. The first-order valence-corrected chi connectivity index (χ1v) is 15.7. The number of imide groups is 1. The van der Waals surface area contributed by atoms with E-state index in [1.807, 2.05) is 72.8 Å². The van der Waals surface area contributed by atoms with Gasteiger partial charge in [-0.15, -0.1) is 0 Å². The molecular weight excluding hydrogens is 600 g/mol. The highest BCUT2D eigenvalue weighted by atomic mass is 16.5. The molecule has 6 aromatic rings. The zero-order valence-electron chi connectivity index (χ0n) is 25.9. The van der Waals surface area contributed by atoms with Crippen molar-refractivity contribution < 1.29 is 23.9 Å². The van der Waals surface area contributed by atoms with Crippen LogP contribution in [0.15, 0.2) is 146 Å². The van der Waals surface area contributed by atoms with Crippen LogP contribution in [0.1, 0.15) is 53.4 Å². The van der Waals surface area contributed by atoms with E-state index in [4.69, 9.17) is 4.74 Å². The second kappa shape index (κ2) is 13.2. The molecule has 1 heterocycles. The average molecular weight is 631 g/mol. The minimum atomic E-state index is -0.344. The first kappa shape index (κ1) is 30.3. The number of carbonyl (C=O) groups is 4. The van der Waals surface area contributed by atoms with Crippen LogP contribution in [0.5, 0.6) is 11.5 Å². The normalized spacial score (nSPS) is 12.2. The molecule has 0 spiro atoms. The Morgan fingerprint density at radius 2 is 1.10 bits per heavy atom. The highest BCUT2D eigenvalue weighted by molar-refractivity contribution is 6.25. The lowest BCUT2D eigenvalue weighted by Gasteiger charge is -2.29. The van der Waals surface area contributed by atoms with Crippen molar-refractivity contribution in [3.63, 3.8) is 0 Å². The summed E-state index contributed by atoms with van der Waals surface area (Å²) in [5.41, 5.74) is 3.05. The molecule has 1 aliphatic rings. The highest BCUT2D eigenvalue weighted by Gasteiger charge is 2.32. The van der Waals surface area contributed by atoms with Gasteiger partial charge in [0.1, 0.15) is 11.5 Å². The fourth-order valence-corrected chi connectivity index (χ4v) is 6.01. The van der Waals surface area contributed by atoms with Gasteiger partial charge in [0, 0.05) is 52.0 Å². The van der Waals surface area contributed by atoms with Crippen molar-refractivity contribution in [3.05, 3.63) is 173 Å². The van der Waals surface area contributed by atoms with Gasteiger partial charge in [0.2, 0.25) is 0 Å². The number of amides is 3. The fourth-order valence-electron chi connectivity index (χ4n) is 6.01. The number of ether oxygens (including phenoxy) is 1. The molecule has 234 valence electrons. The number of benzene rings is 6. The van der Waals surface area contributed by atoms with Gasteiger partial charge < -0.3 is 9.64 Å². The molecule has 48 heavy (non-hydrogen) atoms. The van der Waals surface area contributed by atoms with E-state index in [9.17, 15) is 19.2 Å². The smallest absolute Gasteiger partial charge is 0.261 e. The maximum atomic E-state index is 14.0. The van der Waals surface area contributed by atoms with E-state index >= 15 is 0 Å². The molecule has 0 aromatic heterocycles. The topological polar surface area (TPSA) is 84.0 Å². The predicted molar refractivity (Wildman–Crippen MR) is 185 cm³/mol. The quantitative estimate of drug-likeness (QED) is 0.113. The number of hydrogen-bond acceptors (Lipinski definition) is 5. The SMILES string of the molecule is O=C(c1ccccc1)c1ccc(C(=O)N(CCCN2C(=O)c3cccc4cccc(c34)C2=O)c2ccc(Oc3ccccc3)cc2)cc1. The molecular formula is C41H30N2O5. The summed E-state index contributed by atoms with van der Waals surface area (Å²) in [5.74, 6) is 0.201. The van der Waals surface area contributed by atoms with Gasteiger partial charge in [-0.05, 0) is 72.5 Å². The summed E-state index contributed by atoms with van der Waals surface area (Å²) in [6, 6.07) is 43.1. The standard InChI is InChI=1S/C41H30N2O5/c44-38(29-10-3-1-4-11-29)30-18-20-31(21-19-30)39(45)42(32-22-24-34(25-23-32)48-33-14-5-2-6-15-33)26-9-27-43-40(46)35-16-7-12-28-13-8-17-36(37(28)35)41(43)47/h1-8,10-25H,9,26-27H2. The highest BCUT2D eigenvalue weighted by Crippen LogP contribution is 2.31. The van der Waals surface area contributed by atoms with Crippen LogP contribution in [0, 0.1) is 0 Å². The summed E-state index contributed by atoms with van der Waals surface area (Å²) in [5, 5.41) is 1.52. The lowest BCUT2D eigenvalue weighted by molar-refractivity contribution is 0.0609. The molecule has 0 saturated heterocycles. The van der Waals surface area contributed by atoms with Gasteiger partial charge >= 0.3 is 0 Å². The monoisotopic (exact) mass is 630 g/mol. The number of nitrogens with zero attached hydrogens (tertiary/aromatic N) is 2. The van der Waals surface area contributed by atoms with Gasteiger partial charge in [-0.2, -0.15) is 0 Å². The maximum absolute atomic E-state index is 14.0. The summed E-state index contributed by atoms with van der Waals surface area (Å²) >= 11 is 0. The van der Waals surface area contributed by atoms with Gasteiger partial charge in [-0.3, -0.25) is 24.1 Å². The lowest BCUT2D eigenvalue weighted by Crippen LogP contribution is -2.42. The largest absolute Gasteiger partial charge is 0.457 e. The fraction of sp³-hybridized carbons (Fsp3) is 0.0732. The number of para-hydroxylation sites is 1. The van der Waals surface area contributed by atoms with Crippen LogP contribution in [0.3, 0.4) is 0 Å². The van der Waals surface area contributed by atoms with Crippen LogP contribution >= 0.6 is 0 Å². The van der Waals surface area contributed by atoms with E-state index in [-0.39, 0.29) is 36.6 Å². The van der Waals surface area contributed by atoms with Crippen molar-refractivity contribution in [2.75, 3.05) is 18.0 Å². The van der Waals surface area contributed by atoms with E-state index < -0.39 is 0 Å². The molecule has 0 N–H and O–H groups in total. The van der Waals surface area contributed by atoms with E-state index in [1.54, 1.807) is 77.7 Å². The van der Waals surface area contributed by atoms with E-state index in [0.717, 1.165) is 5.39 Å². The van der Waals surface area contributed by atoms with Crippen molar-refractivity contribution in [1.82, 2.24) is 4.90 Å². The molecule has 6 aromatic carbocycles. The van der Waals surface area contributed by atoms with Gasteiger partial charge in [-0.25, -0.2) is 0 Å². The van der Waals surface area contributed by atoms with Crippen LogP contribution < -0.4 is 9.64 Å². The summed E-state index contributed by atoms with van der Waals surface area (Å²) < 4.78 is 5.95. The Kier molecular flexibility index (Phi) is 8.33. The maximum Gasteiger partial charge on any atom is 0.261 e. The Hall–Kier alpha value is -6.34. The van der Waals surface area contributed by atoms with Crippen molar-refractivity contribution in [2.45, 2.75) is 6.42 Å². The summed E-state index contributed by atoms with van der Waals surface area (Å²) in [6.07, 6.45) is 0.341. The molecule has 0 saturated carbocycles. The van der Waals surface area contributed by atoms with Crippen molar-refractivity contribution in [2.24, 2.45) is 0 Å². The third-order valence-corrected chi connectivity index (χ3v) is 8.42. The second-order valence-electron chi connectivity index (χ2n) is 11.5. The third-order valence-electron chi connectivity index (χ3n) is 8.42. The Balaban J connectivity index is 1.12. The number of hydrogen-bond donors (Lipinski definition) is 0. The van der Waals surface area contributed by atoms with Crippen molar-refractivity contribution in [3.8, 4) is 11.5 Å². The molecule has 0 aliphatic carbocycles. The van der Waals surface area contributed by atoms with E-state index in [0.29, 0.717) is 56.8 Å². The summed E-state index contributed by atoms with van der Waals surface area (Å²) in [4.78, 5) is 56.8. The zero-order valence-corrected chi connectivity index (χ0v) is 25.9. The van der Waals surface area contributed by atoms with Gasteiger partial charge in [-0.1, -0.05) is 84.9 Å². The Morgan fingerprint density at radius 1 is 0.562 bits per heavy atom. The van der Waals surface area contributed by atoms with Gasteiger partial charge in [0.25, 0.3) is 17.7 Å². The molecule has 0 radical (unpaired) electrons. The summed E-state index contributed by atoms with van der Waals surface area (Å²) in [6.45, 7) is 0.358. The van der Waals surface area contributed by atoms with Crippen molar-refractivity contribution in [1.29, 1.82) is 0 Å². The number of anilines is 1. The number of rotatable bonds is 10. The van der Waals surface area contributed by atoms with Crippen LogP contribution in [-0.4, -0.2) is 41.5 Å². The zero-order chi connectivity index (χ0) is 33.0. The first-order valence-electron chi connectivity index (χ1n) is 15.7. The number of carbonyl (C=O) groups excluding carboxylic acids is 4. The minimum Gasteiger partial charge on any atom is -0.457 e. The van der Waals surface area contributed by atoms with E-state index in [2.05, 4.69) is 0 Å². The molecule has 0 atom stereocenters.